The second kappa shape index (κ2) is 10.6. The second-order valence-electron chi connectivity index (χ2n) is 11.0. The Morgan fingerprint density at radius 2 is 1.55 bits per heavy atom. The summed E-state index contributed by atoms with van der Waals surface area (Å²) in [5.41, 5.74) is 3.02. The minimum atomic E-state index is -1.24. The third kappa shape index (κ3) is 4.26. The van der Waals surface area contributed by atoms with Gasteiger partial charge in [0.05, 0.1) is 0 Å². The number of para-hydroxylation sites is 1. The molecule has 0 bridgehead atoms. The van der Waals surface area contributed by atoms with Crippen LogP contribution in [0.4, 0.5) is 0 Å². The molecule has 1 amide bonds. The lowest BCUT2D eigenvalue weighted by Crippen LogP contribution is -2.56. The molecule has 0 spiro atoms. The van der Waals surface area contributed by atoms with E-state index in [1.165, 1.54) is 16.5 Å². The molecule has 3 atom stereocenters. The van der Waals surface area contributed by atoms with Crippen LogP contribution in [0.1, 0.15) is 62.1 Å². The lowest BCUT2D eigenvalue weighted by atomic mass is 9.63. The minimum absolute atomic E-state index is 0.00557. The number of benzene rings is 3. The molecule has 4 nitrogen and oxygen atoms in total. The molecule has 1 aliphatic heterocycles. The summed E-state index contributed by atoms with van der Waals surface area (Å²) in [4.78, 5) is 31.4. The molecule has 4 aromatic rings. The van der Waals surface area contributed by atoms with E-state index in [1.807, 2.05) is 86.3 Å². The highest BCUT2D eigenvalue weighted by atomic mass is 16.2. The van der Waals surface area contributed by atoms with Gasteiger partial charge in [0.2, 0.25) is 5.91 Å². The Kier molecular flexibility index (Phi) is 7.25. The largest absolute Gasteiger partial charge is 0.350 e. The normalized spacial score (nSPS) is 18.0. The smallest absolute Gasteiger partial charge is 0.241 e. The number of aromatic nitrogens is 1. The molecule has 3 unspecified atom stereocenters. The number of hydrogen-bond donors (Lipinski definition) is 0. The number of aryl methyl sites for hydroxylation is 1. The van der Waals surface area contributed by atoms with Crippen molar-refractivity contribution in [2.75, 3.05) is 13.1 Å². The minimum Gasteiger partial charge on any atom is -0.350 e. The first-order valence-electron chi connectivity index (χ1n) is 13.9. The molecule has 5 rings (SSSR count). The van der Waals surface area contributed by atoms with Crippen molar-refractivity contribution in [3.63, 3.8) is 0 Å². The molecule has 38 heavy (non-hydrogen) atoms. The zero-order chi connectivity index (χ0) is 26.9. The van der Waals surface area contributed by atoms with Gasteiger partial charge in [-0.15, -0.1) is 0 Å². The molecule has 1 fully saturated rings. The van der Waals surface area contributed by atoms with Crippen molar-refractivity contribution in [1.29, 1.82) is 0 Å². The molecule has 0 aliphatic carbocycles. The van der Waals surface area contributed by atoms with Crippen molar-refractivity contribution in [3.05, 3.63) is 108 Å². The van der Waals surface area contributed by atoms with Crippen LogP contribution < -0.4 is 0 Å². The summed E-state index contributed by atoms with van der Waals surface area (Å²) < 4.78 is 2.17. The average molecular weight is 507 g/mol. The van der Waals surface area contributed by atoms with E-state index >= 15 is 0 Å². The number of Topliss-reactive ketones (excluding diaryl/α,β-unsaturated/α-hetero) is 1. The van der Waals surface area contributed by atoms with Gasteiger partial charge >= 0.3 is 0 Å². The third-order valence-corrected chi connectivity index (χ3v) is 8.59. The van der Waals surface area contributed by atoms with Crippen LogP contribution in [0, 0.1) is 5.92 Å². The molecule has 0 N–H and O–H groups in total. The van der Waals surface area contributed by atoms with Crippen molar-refractivity contribution in [2.24, 2.45) is 13.0 Å². The predicted molar refractivity (Wildman–Crippen MR) is 154 cm³/mol. The van der Waals surface area contributed by atoms with E-state index in [9.17, 15) is 9.59 Å². The number of rotatable bonds is 8. The predicted octanol–water partition coefficient (Wildman–Crippen LogP) is 6.85. The zero-order valence-electron chi connectivity index (χ0n) is 22.9. The van der Waals surface area contributed by atoms with Gasteiger partial charge in [0.15, 0.2) is 5.78 Å². The fourth-order valence-electron chi connectivity index (χ4n) is 6.62. The quantitative estimate of drug-likeness (QED) is 0.245. The molecule has 196 valence electrons. The summed E-state index contributed by atoms with van der Waals surface area (Å²) in [5, 5.41) is 1.25. The Morgan fingerprint density at radius 3 is 2.21 bits per heavy atom. The maximum atomic E-state index is 14.7. The first-order valence-corrected chi connectivity index (χ1v) is 13.9. The number of hydrogen-bond acceptors (Lipinski definition) is 2. The number of likely N-dealkylation sites (tertiary alicyclic amines) is 1. The van der Waals surface area contributed by atoms with Crippen LogP contribution in [-0.4, -0.2) is 34.2 Å². The molecule has 3 aromatic carbocycles. The Labute approximate surface area is 226 Å². The van der Waals surface area contributed by atoms with E-state index in [1.54, 1.807) is 0 Å². The Hall–Kier alpha value is -3.66. The number of carbonyl (C=O) groups excluding carboxylic acids is 2. The number of carbonyl (C=O) groups is 2. The van der Waals surface area contributed by atoms with Crippen molar-refractivity contribution in [1.82, 2.24) is 9.47 Å². The number of ketones is 1. The van der Waals surface area contributed by atoms with Gasteiger partial charge in [-0.3, -0.25) is 9.59 Å². The van der Waals surface area contributed by atoms with E-state index in [4.69, 9.17) is 0 Å². The highest BCUT2D eigenvalue weighted by Gasteiger charge is 2.54. The van der Waals surface area contributed by atoms with Crippen LogP contribution in [0.25, 0.3) is 10.9 Å². The van der Waals surface area contributed by atoms with Gasteiger partial charge in [0.1, 0.15) is 5.41 Å². The zero-order valence-corrected chi connectivity index (χ0v) is 22.9. The molecular formula is C34H38N2O2. The van der Waals surface area contributed by atoms with Crippen molar-refractivity contribution in [2.45, 2.75) is 50.9 Å². The number of nitrogens with zero attached hydrogens (tertiary/aromatic N) is 2. The molecule has 0 radical (unpaired) electrons. The molecule has 4 heteroatoms. The molecule has 0 saturated carbocycles. The Balaban J connectivity index is 1.55. The van der Waals surface area contributed by atoms with Crippen molar-refractivity contribution in [3.8, 4) is 0 Å². The summed E-state index contributed by atoms with van der Waals surface area (Å²) in [6, 6.07) is 28.2. The second-order valence-corrected chi connectivity index (χ2v) is 11.0. The van der Waals surface area contributed by atoms with Crippen molar-refractivity contribution >= 4 is 22.6 Å². The van der Waals surface area contributed by atoms with Crippen LogP contribution in [0.15, 0.2) is 91.1 Å². The number of amides is 1. The summed E-state index contributed by atoms with van der Waals surface area (Å²) in [6.07, 6.45) is 3.76. The first-order chi connectivity index (χ1) is 18.4. The third-order valence-electron chi connectivity index (χ3n) is 8.59. The van der Waals surface area contributed by atoms with Crippen LogP contribution in [0.3, 0.4) is 0 Å². The summed E-state index contributed by atoms with van der Waals surface area (Å²) in [7, 11) is 2.08. The highest BCUT2D eigenvalue weighted by molar-refractivity contribution is 6.14. The van der Waals surface area contributed by atoms with E-state index in [0.29, 0.717) is 19.5 Å². The fourth-order valence-corrected chi connectivity index (χ4v) is 6.62. The van der Waals surface area contributed by atoms with Crippen LogP contribution in [-0.2, 0) is 22.1 Å². The van der Waals surface area contributed by atoms with Crippen LogP contribution in [0.2, 0.25) is 0 Å². The monoisotopic (exact) mass is 506 g/mol. The molecule has 2 heterocycles. The maximum Gasteiger partial charge on any atom is 0.241 e. The fraction of sp³-hybridized carbons (Fsp3) is 0.353. The summed E-state index contributed by atoms with van der Waals surface area (Å²) in [5.74, 6) is -0.345. The Morgan fingerprint density at radius 1 is 0.921 bits per heavy atom. The molecule has 1 aliphatic rings. The summed E-state index contributed by atoms with van der Waals surface area (Å²) >= 11 is 0. The topological polar surface area (TPSA) is 42.3 Å². The molecular weight excluding hydrogens is 468 g/mol. The number of fused-ring (bicyclic) bond motifs is 1. The maximum absolute atomic E-state index is 14.7. The van der Waals surface area contributed by atoms with Gasteiger partial charge in [-0.25, -0.2) is 0 Å². The standard InChI is InChI=1S/C34H38N2O2/c1-5-28(25-14-8-6-9-15-25)32(37)34(24(2)3,27-16-10-7-11-17-27)33(38)36-21-20-26(22-36)30-23-35(4)31-19-13-12-18-29(30)31/h6-19,23-24,26,28H,5,20-22H2,1-4H3. The molecule has 1 aromatic heterocycles. The van der Waals surface area contributed by atoms with E-state index in [-0.39, 0.29) is 29.4 Å². The van der Waals surface area contributed by atoms with Crippen LogP contribution >= 0.6 is 0 Å². The Bertz CT molecular complexity index is 1420. The summed E-state index contributed by atoms with van der Waals surface area (Å²) in [6.45, 7) is 7.38. The van der Waals surface area contributed by atoms with Crippen LogP contribution in [0.5, 0.6) is 0 Å². The van der Waals surface area contributed by atoms with E-state index in [0.717, 1.165) is 17.5 Å². The van der Waals surface area contributed by atoms with Gasteiger partial charge in [-0.2, -0.15) is 0 Å². The van der Waals surface area contributed by atoms with Crippen molar-refractivity contribution < 1.29 is 9.59 Å². The average Bonchev–Trinajstić information content (AvgIpc) is 3.56. The lowest BCUT2D eigenvalue weighted by Gasteiger charge is -2.40. The van der Waals surface area contributed by atoms with Gasteiger partial charge in [-0.05, 0) is 41.5 Å². The van der Waals surface area contributed by atoms with E-state index < -0.39 is 5.41 Å². The SMILES string of the molecule is CCC(C(=O)C(C(=O)N1CCC(c2cn(C)c3ccccc23)C1)(c1ccccc1)C(C)C)c1ccccc1. The first kappa shape index (κ1) is 26.0. The van der Waals surface area contributed by atoms with Gasteiger partial charge in [0.25, 0.3) is 0 Å². The highest BCUT2D eigenvalue weighted by Crippen LogP contribution is 2.43. The lowest BCUT2D eigenvalue weighted by molar-refractivity contribution is -0.146. The van der Waals surface area contributed by atoms with Gasteiger partial charge in [0, 0.05) is 49.1 Å². The van der Waals surface area contributed by atoms with Gasteiger partial charge in [-0.1, -0.05) is 99.6 Å². The molecule has 1 saturated heterocycles. The van der Waals surface area contributed by atoms with Gasteiger partial charge < -0.3 is 9.47 Å². The van der Waals surface area contributed by atoms with E-state index in [2.05, 4.69) is 42.1 Å².